The second kappa shape index (κ2) is 6.89. The topological polar surface area (TPSA) is 98.0 Å². The monoisotopic (exact) mass is 386 g/mol. The third-order valence-corrected chi connectivity index (χ3v) is 4.89. The third-order valence-electron chi connectivity index (χ3n) is 3.76. The van der Waals surface area contributed by atoms with Crippen LogP contribution in [0.4, 0.5) is 5.69 Å². The molecule has 0 saturated carbocycles. The number of nitrogens with zero attached hydrogens (tertiary/aromatic N) is 3. The van der Waals surface area contributed by atoms with E-state index in [-0.39, 0.29) is 29.1 Å². The molecular weight excluding hydrogens is 376 g/mol. The smallest absolute Gasteiger partial charge is 0.277 e. The zero-order valence-electron chi connectivity index (χ0n) is 13.2. The summed E-state index contributed by atoms with van der Waals surface area (Å²) in [5, 5.41) is 11.2. The van der Waals surface area contributed by atoms with Crippen molar-refractivity contribution in [2.75, 3.05) is 11.1 Å². The van der Waals surface area contributed by atoms with Crippen LogP contribution in [0.1, 0.15) is 15.9 Å². The van der Waals surface area contributed by atoms with Gasteiger partial charge in [-0.3, -0.25) is 14.6 Å². The number of nitrogens with one attached hydrogen (secondary N) is 1. The van der Waals surface area contributed by atoms with Gasteiger partial charge in [-0.05, 0) is 29.8 Å². The van der Waals surface area contributed by atoms with E-state index in [1.807, 2.05) is 0 Å². The lowest BCUT2D eigenvalue weighted by atomic mass is 10.1. The Hall–Kier alpha value is -2.71. The molecule has 1 N–H and O–H groups in total. The van der Waals surface area contributed by atoms with Crippen molar-refractivity contribution in [2.45, 2.75) is 11.6 Å². The van der Waals surface area contributed by atoms with Crippen LogP contribution in [0.2, 0.25) is 5.02 Å². The summed E-state index contributed by atoms with van der Waals surface area (Å²) in [6, 6.07) is 6.84. The van der Waals surface area contributed by atoms with Crippen molar-refractivity contribution in [1.82, 2.24) is 15.2 Å². The van der Waals surface area contributed by atoms with Crippen molar-refractivity contribution in [2.24, 2.45) is 0 Å². The number of benzene rings is 1. The summed E-state index contributed by atoms with van der Waals surface area (Å²) in [6.07, 6.45) is 3.52. The molecule has 0 unspecified atom stereocenters. The maximum absolute atomic E-state index is 12.5. The van der Waals surface area contributed by atoms with Crippen LogP contribution in [-0.2, 0) is 11.2 Å². The van der Waals surface area contributed by atoms with E-state index in [4.69, 9.17) is 16.0 Å². The highest BCUT2D eigenvalue weighted by Gasteiger charge is 2.22. The number of pyridine rings is 1. The van der Waals surface area contributed by atoms with Crippen LogP contribution >= 0.6 is 23.4 Å². The van der Waals surface area contributed by atoms with Gasteiger partial charge in [-0.1, -0.05) is 23.4 Å². The molecule has 0 bridgehead atoms. The predicted octanol–water partition coefficient (Wildman–Crippen LogP) is 3.25. The highest BCUT2D eigenvalue weighted by atomic mass is 35.5. The fourth-order valence-electron chi connectivity index (χ4n) is 2.54. The minimum Gasteiger partial charge on any atom is -0.411 e. The van der Waals surface area contributed by atoms with Gasteiger partial charge in [0.2, 0.25) is 11.8 Å². The van der Waals surface area contributed by atoms with Crippen molar-refractivity contribution >= 4 is 40.7 Å². The Morgan fingerprint density at radius 3 is 3.04 bits per heavy atom. The van der Waals surface area contributed by atoms with Crippen molar-refractivity contribution < 1.29 is 14.0 Å². The Bertz CT molecular complexity index is 1010. The number of aromatic nitrogens is 3. The summed E-state index contributed by atoms with van der Waals surface area (Å²) < 4.78 is 5.54. The molecule has 130 valence electrons. The SMILES string of the molecule is O=C1Cc2cc(C(=O)CSc3nnc(-c4cccnc4)o3)c(Cl)cc2N1. The summed E-state index contributed by atoms with van der Waals surface area (Å²) >= 11 is 7.31. The van der Waals surface area contributed by atoms with E-state index in [0.717, 1.165) is 17.3 Å². The molecule has 0 radical (unpaired) electrons. The van der Waals surface area contributed by atoms with Crippen LogP contribution in [0.5, 0.6) is 0 Å². The van der Waals surface area contributed by atoms with Gasteiger partial charge >= 0.3 is 0 Å². The largest absolute Gasteiger partial charge is 0.411 e. The summed E-state index contributed by atoms with van der Waals surface area (Å²) in [4.78, 5) is 27.9. The van der Waals surface area contributed by atoms with Gasteiger partial charge in [-0.15, -0.1) is 10.2 Å². The zero-order chi connectivity index (χ0) is 18.1. The predicted molar refractivity (Wildman–Crippen MR) is 96.4 cm³/mol. The average Bonchev–Trinajstić information content (AvgIpc) is 3.25. The number of hydrogen-bond donors (Lipinski definition) is 1. The lowest BCUT2D eigenvalue weighted by Gasteiger charge is -2.06. The van der Waals surface area contributed by atoms with E-state index >= 15 is 0 Å². The standard InChI is InChI=1S/C17H11ClN4O3S/c18-12-6-13-10(5-15(24)20-13)4-11(12)14(23)8-26-17-22-21-16(25-17)9-2-1-3-19-7-9/h1-4,6-7H,5,8H2,(H,20,24). The molecule has 1 aliphatic rings. The van der Waals surface area contributed by atoms with E-state index in [1.54, 1.807) is 36.7 Å². The normalized spacial score (nSPS) is 12.7. The first kappa shape index (κ1) is 16.7. The molecule has 9 heteroatoms. The minimum atomic E-state index is -0.178. The first-order chi connectivity index (χ1) is 12.6. The van der Waals surface area contributed by atoms with Crippen LogP contribution in [0.25, 0.3) is 11.5 Å². The molecule has 26 heavy (non-hydrogen) atoms. The molecule has 0 aliphatic carbocycles. The Morgan fingerprint density at radius 2 is 2.23 bits per heavy atom. The molecule has 0 saturated heterocycles. The summed E-state index contributed by atoms with van der Waals surface area (Å²) in [7, 11) is 0. The molecule has 0 spiro atoms. The van der Waals surface area contributed by atoms with Crippen molar-refractivity contribution in [3.05, 3.63) is 52.8 Å². The fourth-order valence-corrected chi connectivity index (χ4v) is 3.46. The lowest BCUT2D eigenvalue weighted by Crippen LogP contribution is -2.04. The third kappa shape index (κ3) is 3.33. The van der Waals surface area contributed by atoms with E-state index in [0.29, 0.717) is 27.7 Å². The number of ketones is 1. The molecule has 1 aromatic carbocycles. The molecule has 2 aromatic heterocycles. The molecule has 0 fully saturated rings. The zero-order valence-corrected chi connectivity index (χ0v) is 14.8. The Balaban J connectivity index is 1.46. The number of carbonyl (C=O) groups excluding carboxylic acids is 2. The molecule has 3 heterocycles. The van der Waals surface area contributed by atoms with Crippen molar-refractivity contribution in [1.29, 1.82) is 0 Å². The number of hydrogen-bond acceptors (Lipinski definition) is 7. The summed E-state index contributed by atoms with van der Waals surface area (Å²) in [5.74, 6) is 0.148. The number of Topliss-reactive ketones (excluding diaryl/α,β-unsaturated/α-hetero) is 1. The van der Waals surface area contributed by atoms with Crippen LogP contribution in [0, 0.1) is 0 Å². The van der Waals surface area contributed by atoms with Crippen molar-refractivity contribution in [3.63, 3.8) is 0 Å². The number of fused-ring (bicyclic) bond motifs is 1. The Kier molecular flexibility index (Phi) is 4.44. The number of anilines is 1. The highest BCUT2D eigenvalue weighted by molar-refractivity contribution is 7.99. The van der Waals surface area contributed by atoms with Crippen molar-refractivity contribution in [3.8, 4) is 11.5 Å². The van der Waals surface area contributed by atoms with Gasteiger partial charge in [-0.25, -0.2) is 0 Å². The van der Waals surface area contributed by atoms with E-state index < -0.39 is 0 Å². The number of rotatable bonds is 5. The Labute approximate surface area is 157 Å². The van der Waals surface area contributed by atoms with Crippen LogP contribution < -0.4 is 5.32 Å². The maximum Gasteiger partial charge on any atom is 0.277 e. The second-order valence-corrected chi connectivity index (χ2v) is 6.87. The van der Waals surface area contributed by atoms with Gasteiger partial charge in [-0.2, -0.15) is 0 Å². The average molecular weight is 387 g/mol. The Morgan fingerprint density at radius 1 is 1.35 bits per heavy atom. The molecular formula is C17H11ClN4O3S. The first-order valence-electron chi connectivity index (χ1n) is 7.62. The number of amides is 1. The van der Waals surface area contributed by atoms with Crippen LogP contribution in [0.15, 0.2) is 46.3 Å². The lowest BCUT2D eigenvalue weighted by molar-refractivity contribution is -0.115. The second-order valence-electron chi connectivity index (χ2n) is 5.54. The van der Waals surface area contributed by atoms with Gasteiger partial charge in [0, 0.05) is 23.6 Å². The van der Waals surface area contributed by atoms with Crippen LogP contribution in [-0.4, -0.2) is 32.6 Å². The number of carbonyl (C=O) groups is 2. The fraction of sp³-hybridized carbons (Fsp3) is 0.118. The minimum absolute atomic E-state index is 0.0918. The molecule has 3 aromatic rings. The van der Waals surface area contributed by atoms with Crippen LogP contribution in [0.3, 0.4) is 0 Å². The first-order valence-corrected chi connectivity index (χ1v) is 8.98. The van der Waals surface area contributed by atoms with Gasteiger partial charge in [0.1, 0.15) is 0 Å². The highest BCUT2D eigenvalue weighted by Crippen LogP contribution is 2.31. The molecule has 0 atom stereocenters. The van der Waals surface area contributed by atoms with Gasteiger partial charge < -0.3 is 9.73 Å². The number of halogens is 1. The number of thioether (sulfide) groups is 1. The van der Waals surface area contributed by atoms with Gasteiger partial charge in [0.25, 0.3) is 5.22 Å². The molecule has 7 nitrogen and oxygen atoms in total. The molecule has 1 amide bonds. The quantitative estimate of drug-likeness (QED) is 0.530. The van der Waals surface area contributed by atoms with E-state index in [9.17, 15) is 9.59 Å². The molecule has 4 rings (SSSR count). The van der Waals surface area contributed by atoms with E-state index in [2.05, 4.69) is 20.5 Å². The van der Waals surface area contributed by atoms with Gasteiger partial charge in [0.05, 0.1) is 22.8 Å². The summed E-state index contributed by atoms with van der Waals surface area (Å²) in [5.41, 5.74) is 2.50. The van der Waals surface area contributed by atoms with Gasteiger partial charge in [0.15, 0.2) is 5.78 Å². The molecule has 1 aliphatic heterocycles. The van der Waals surface area contributed by atoms with E-state index in [1.165, 1.54) is 0 Å². The summed E-state index contributed by atoms with van der Waals surface area (Å²) in [6.45, 7) is 0. The maximum atomic E-state index is 12.5.